The fraction of sp³-hybridized carbons (Fsp3) is 0.412. The van der Waals surface area contributed by atoms with Crippen molar-refractivity contribution in [3.63, 3.8) is 0 Å². The van der Waals surface area contributed by atoms with Gasteiger partial charge >= 0.3 is 6.18 Å². The van der Waals surface area contributed by atoms with Crippen molar-refractivity contribution in [2.24, 2.45) is 0 Å². The summed E-state index contributed by atoms with van der Waals surface area (Å²) in [7, 11) is 0. The molecule has 1 saturated heterocycles. The number of pyridine rings is 1. The van der Waals surface area contributed by atoms with Crippen molar-refractivity contribution in [1.82, 2.24) is 29.7 Å². The molecule has 0 radical (unpaired) electrons. The van der Waals surface area contributed by atoms with Crippen molar-refractivity contribution in [1.29, 1.82) is 0 Å². The molecule has 0 unspecified atom stereocenters. The molecule has 0 spiro atoms. The molecular formula is C17H18F3N7. The number of rotatable bonds is 3. The number of piperazine rings is 1. The standard InChI is InChI=1S/C17H18F3N7/c1-12-10-25(11-13-4-6-21-7-5-13)8-9-26(12)15-3-2-14-22-23-16(17(18,19)20)27(14)24-15/h2-7,12H,8-11H2,1H3/t12-/m0/s1. The number of hydrogen-bond donors (Lipinski definition) is 0. The van der Waals surface area contributed by atoms with Gasteiger partial charge in [-0.15, -0.1) is 15.3 Å². The summed E-state index contributed by atoms with van der Waals surface area (Å²) in [5.74, 6) is -0.618. The number of halogens is 3. The van der Waals surface area contributed by atoms with Crippen LogP contribution in [0.15, 0.2) is 36.7 Å². The van der Waals surface area contributed by atoms with Crippen molar-refractivity contribution >= 4 is 11.5 Å². The quantitative estimate of drug-likeness (QED) is 0.698. The van der Waals surface area contributed by atoms with E-state index in [-0.39, 0.29) is 11.7 Å². The molecule has 0 amide bonds. The third-order valence-corrected chi connectivity index (χ3v) is 4.66. The number of hydrogen-bond acceptors (Lipinski definition) is 6. The van der Waals surface area contributed by atoms with E-state index in [1.54, 1.807) is 18.5 Å². The van der Waals surface area contributed by atoms with Crippen LogP contribution in [0, 0.1) is 0 Å². The molecule has 10 heteroatoms. The highest BCUT2D eigenvalue weighted by molar-refractivity contribution is 5.47. The second-order valence-corrected chi connectivity index (χ2v) is 6.62. The van der Waals surface area contributed by atoms with Gasteiger partial charge in [0.1, 0.15) is 5.82 Å². The molecular weight excluding hydrogens is 359 g/mol. The van der Waals surface area contributed by atoms with Gasteiger partial charge in [0.05, 0.1) is 0 Å². The Morgan fingerprint density at radius 2 is 1.85 bits per heavy atom. The molecule has 1 atom stereocenters. The highest BCUT2D eigenvalue weighted by Gasteiger charge is 2.38. The van der Waals surface area contributed by atoms with Crippen molar-refractivity contribution in [2.45, 2.75) is 25.7 Å². The number of nitrogens with zero attached hydrogens (tertiary/aromatic N) is 7. The number of aromatic nitrogens is 5. The summed E-state index contributed by atoms with van der Waals surface area (Å²) >= 11 is 0. The summed E-state index contributed by atoms with van der Waals surface area (Å²) in [5.41, 5.74) is 1.26. The van der Waals surface area contributed by atoms with Crippen LogP contribution >= 0.6 is 0 Å². The van der Waals surface area contributed by atoms with E-state index in [0.717, 1.165) is 24.1 Å². The number of alkyl halides is 3. The SMILES string of the molecule is C[C@H]1CN(Cc2ccncc2)CCN1c1ccc2nnc(C(F)(F)F)n2n1. The second-order valence-electron chi connectivity index (χ2n) is 6.62. The Hall–Kier alpha value is -2.75. The van der Waals surface area contributed by atoms with Gasteiger partial charge in [-0.3, -0.25) is 9.88 Å². The topological polar surface area (TPSA) is 62.5 Å². The fourth-order valence-electron chi connectivity index (χ4n) is 3.37. The molecule has 1 aliphatic rings. The van der Waals surface area contributed by atoms with E-state index in [0.29, 0.717) is 12.4 Å². The Labute approximate surface area is 153 Å². The van der Waals surface area contributed by atoms with Crippen molar-refractivity contribution in [3.05, 3.63) is 48.0 Å². The van der Waals surface area contributed by atoms with E-state index < -0.39 is 12.0 Å². The molecule has 4 heterocycles. The Balaban J connectivity index is 1.52. The third-order valence-electron chi connectivity index (χ3n) is 4.66. The molecule has 0 aliphatic carbocycles. The van der Waals surface area contributed by atoms with E-state index in [9.17, 15) is 13.2 Å². The number of fused-ring (bicyclic) bond motifs is 1. The first kappa shape index (κ1) is 17.7. The van der Waals surface area contributed by atoms with Gasteiger partial charge in [0.15, 0.2) is 5.65 Å². The minimum atomic E-state index is -4.60. The predicted octanol–water partition coefficient (Wildman–Crippen LogP) is 2.25. The molecule has 3 aromatic rings. The molecule has 0 saturated carbocycles. The van der Waals surface area contributed by atoms with E-state index in [1.165, 1.54) is 11.6 Å². The zero-order valence-electron chi connectivity index (χ0n) is 14.6. The van der Waals surface area contributed by atoms with Crippen LogP contribution in [-0.2, 0) is 12.7 Å². The fourth-order valence-corrected chi connectivity index (χ4v) is 3.37. The van der Waals surface area contributed by atoms with Crippen molar-refractivity contribution < 1.29 is 13.2 Å². The summed E-state index contributed by atoms with van der Waals surface area (Å²) in [6, 6.07) is 7.28. The maximum Gasteiger partial charge on any atom is 0.453 e. The Bertz CT molecular complexity index is 925. The summed E-state index contributed by atoms with van der Waals surface area (Å²) in [6.07, 6.45) is -1.06. The van der Waals surface area contributed by atoms with Gasteiger partial charge < -0.3 is 4.90 Å². The van der Waals surface area contributed by atoms with Gasteiger partial charge in [-0.25, -0.2) is 0 Å². The molecule has 0 aromatic carbocycles. The smallest absolute Gasteiger partial charge is 0.350 e. The van der Waals surface area contributed by atoms with Gasteiger partial charge in [-0.2, -0.15) is 17.7 Å². The average Bonchev–Trinajstić information content (AvgIpc) is 3.06. The minimum absolute atomic E-state index is 0.0788. The Morgan fingerprint density at radius 3 is 2.56 bits per heavy atom. The lowest BCUT2D eigenvalue weighted by Gasteiger charge is -2.40. The van der Waals surface area contributed by atoms with Crippen LogP contribution in [0.1, 0.15) is 18.3 Å². The minimum Gasteiger partial charge on any atom is -0.350 e. The molecule has 27 heavy (non-hydrogen) atoms. The van der Waals surface area contributed by atoms with Gasteiger partial charge in [-0.05, 0) is 36.8 Å². The van der Waals surface area contributed by atoms with Crippen molar-refractivity contribution in [2.75, 3.05) is 24.5 Å². The molecule has 3 aromatic heterocycles. The lowest BCUT2D eigenvalue weighted by atomic mass is 10.1. The lowest BCUT2D eigenvalue weighted by molar-refractivity contribution is -0.146. The Morgan fingerprint density at radius 1 is 1.07 bits per heavy atom. The molecule has 142 valence electrons. The Kier molecular flexibility index (Phi) is 4.42. The molecule has 1 fully saturated rings. The first-order valence-corrected chi connectivity index (χ1v) is 8.59. The van der Waals surface area contributed by atoms with E-state index in [1.807, 2.05) is 24.0 Å². The normalized spacial score (nSPS) is 19.0. The number of anilines is 1. The average molecular weight is 377 g/mol. The van der Waals surface area contributed by atoms with E-state index in [4.69, 9.17) is 0 Å². The van der Waals surface area contributed by atoms with Crippen LogP contribution in [-0.4, -0.2) is 55.4 Å². The lowest BCUT2D eigenvalue weighted by Crippen LogP contribution is -2.52. The van der Waals surface area contributed by atoms with Crippen LogP contribution in [0.25, 0.3) is 5.65 Å². The predicted molar refractivity (Wildman–Crippen MR) is 92.1 cm³/mol. The zero-order chi connectivity index (χ0) is 19.0. The van der Waals surface area contributed by atoms with Crippen LogP contribution in [0.4, 0.5) is 19.0 Å². The van der Waals surface area contributed by atoms with E-state index in [2.05, 4.69) is 25.2 Å². The summed E-state index contributed by atoms with van der Waals surface area (Å²) < 4.78 is 40.0. The second kappa shape index (κ2) is 6.76. The van der Waals surface area contributed by atoms with Gasteiger partial charge in [0, 0.05) is 44.6 Å². The zero-order valence-corrected chi connectivity index (χ0v) is 14.6. The highest BCUT2D eigenvalue weighted by Crippen LogP contribution is 2.28. The third kappa shape index (κ3) is 3.57. The molecule has 0 N–H and O–H groups in total. The van der Waals surface area contributed by atoms with Crippen LogP contribution < -0.4 is 4.90 Å². The summed E-state index contributed by atoms with van der Waals surface area (Å²) in [5, 5.41) is 10.9. The largest absolute Gasteiger partial charge is 0.453 e. The first-order valence-electron chi connectivity index (χ1n) is 8.59. The molecule has 4 rings (SSSR count). The summed E-state index contributed by atoms with van der Waals surface area (Å²) in [4.78, 5) is 8.35. The van der Waals surface area contributed by atoms with E-state index >= 15 is 0 Å². The van der Waals surface area contributed by atoms with Gasteiger partial charge in [-0.1, -0.05) is 0 Å². The van der Waals surface area contributed by atoms with Crippen LogP contribution in [0.5, 0.6) is 0 Å². The van der Waals surface area contributed by atoms with Crippen LogP contribution in [0.2, 0.25) is 0 Å². The molecule has 7 nitrogen and oxygen atoms in total. The maximum absolute atomic E-state index is 13.1. The van der Waals surface area contributed by atoms with Gasteiger partial charge in [0.25, 0.3) is 5.82 Å². The molecule has 1 aliphatic heterocycles. The first-order chi connectivity index (χ1) is 12.9. The van der Waals surface area contributed by atoms with Crippen LogP contribution in [0.3, 0.4) is 0 Å². The van der Waals surface area contributed by atoms with Crippen molar-refractivity contribution in [3.8, 4) is 0 Å². The highest BCUT2D eigenvalue weighted by atomic mass is 19.4. The monoisotopic (exact) mass is 377 g/mol. The molecule has 0 bridgehead atoms. The maximum atomic E-state index is 13.1. The summed E-state index contributed by atoms with van der Waals surface area (Å²) in [6.45, 7) is 5.11. The van der Waals surface area contributed by atoms with Gasteiger partial charge in [0.2, 0.25) is 0 Å².